The van der Waals surface area contributed by atoms with Crippen molar-refractivity contribution in [2.75, 3.05) is 53.0 Å². The molecule has 0 spiro atoms. The van der Waals surface area contributed by atoms with Crippen LogP contribution >= 0.6 is 0 Å². The number of Topliss-reactive ketones (excluding diaryl/α,β-unsaturated/α-hetero) is 1. The number of aryl methyl sites for hydroxylation is 5. The number of piperidine rings is 2. The van der Waals surface area contributed by atoms with E-state index in [2.05, 4.69) is 82.8 Å². The number of aromatic nitrogens is 8. The van der Waals surface area contributed by atoms with Crippen molar-refractivity contribution in [3.63, 3.8) is 0 Å². The first-order chi connectivity index (χ1) is 59.6. The number of hydrogen-bond donors (Lipinski definition) is 0. The lowest BCUT2D eigenvalue weighted by Gasteiger charge is -2.27. The zero-order valence-corrected chi connectivity index (χ0v) is 72.7. The molecule has 0 radical (unpaired) electrons. The Morgan fingerprint density at radius 2 is 0.894 bits per heavy atom. The van der Waals surface area contributed by atoms with Gasteiger partial charge in [-0.15, -0.1) is 0 Å². The van der Waals surface area contributed by atoms with E-state index in [0.29, 0.717) is 107 Å². The highest BCUT2D eigenvalue weighted by Gasteiger charge is 2.30. The van der Waals surface area contributed by atoms with Gasteiger partial charge in [-0.3, -0.25) is 43.3 Å². The largest absolute Gasteiger partial charge is 0.496 e. The molecule has 3 amide bonds. The van der Waals surface area contributed by atoms with Crippen molar-refractivity contribution >= 4 is 73.5 Å². The van der Waals surface area contributed by atoms with Gasteiger partial charge in [0.25, 0.3) is 17.7 Å². The van der Waals surface area contributed by atoms with E-state index in [0.717, 1.165) is 162 Å². The van der Waals surface area contributed by atoms with Crippen LogP contribution in [0.3, 0.4) is 0 Å². The van der Waals surface area contributed by atoms with E-state index in [1.807, 2.05) is 122 Å². The van der Waals surface area contributed by atoms with Crippen LogP contribution in [0.5, 0.6) is 5.75 Å². The number of esters is 1. The van der Waals surface area contributed by atoms with Gasteiger partial charge in [0.05, 0.1) is 41.7 Å². The minimum absolute atomic E-state index is 0.0413. The zero-order chi connectivity index (χ0) is 86.7. The highest BCUT2D eigenvalue weighted by atomic mass is 16.5. The lowest BCUT2D eigenvalue weighted by atomic mass is 9.97. The fourth-order valence-electron chi connectivity index (χ4n) is 18.5. The number of ether oxygens (including phenoxy) is 2. The first kappa shape index (κ1) is 87.0. The topological polar surface area (TPSA) is 253 Å². The number of fused-ring (bicyclic) bond motifs is 7. The number of carbonyl (C=O) groups excluding carboxylic acids is 5. The van der Waals surface area contributed by atoms with Gasteiger partial charge < -0.3 is 42.4 Å². The van der Waals surface area contributed by atoms with Crippen molar-refractivity contribution in [2.24, 2.45) is 17.8 Å². The molecule has 8 aromatic heterocycles. The van der Waals surface area contributed by atoms with Crippen molar-refractivity contribution in [2.45, 2.75) is 191 Å². The van der Waals surface area contributed by atoms with Gasteiger partial charge in [0.15, 0.2) is 5.78 Å². The summed E-state index contributed by atoms with van der Waals surface area (Å²) in [6, 6.07) is 39.0. The van der Waals surface area contributed by atoms with Crippen molar-refractivity contribution in [1.29, 1.82) is 0 Å². The van der Waals surface area contributed by atoms with Crippen LogP contribution in [-0.4, -0.2) is 135 Å². The van der Waals surface area contributed by atoms with Crippen LogP contribution in [0.1, 0.15) is 206 Å². The van der Waals surface area contributed by atoms with E-state index in [1.54, 1.807) is 60.4 Å². The molecular weight excluding hydrogens is 1540 g/mol. The standard InChI is InChI=1S/2C26H29N3O2.C25H29N3O2.C24H26N2O5/c1-2-28-17-22(26(31)29-12-6-3-7-13-29)25(30)24-23(28)11-10-21(27-24)16-18-14-19-8-4-5-9-20(19)15-18;1-2-28-17-23(26(31)29-10-6-3-7-11-29)25(30)22-15-21(27-16-24(22)28)14-18-12-19-8-4-5-9-20(19)13-18;1-4-27(5-2)25(30)22-16-28(6-3)24-21(23(22)29)14-18(15-26-24)11-17-12-19-9-7-8-10-20(19)13-17;1-6-26-13-19(24(29)31-7-2)22(28)18-9-16(12-25-23(18)26)10-20(27)17-8-14(3)15(4)21(11-17)30-5/h4-5,8-11,17-18H,2-3,6-7,12-16H2,1H3;4-5,8-9,15-18H,2-3,6-7,10-14H2,1H3;7-10,14-17H,4-6,11-13H2,1-3H3;8-9,11-13H,6-7,10H2,1-5H3. The van der Waals surface area contributed by atoms with Gasteiger partial charge >= 0.3 is 5.97 Å². The minimum atomic E-state index is -0.666. The third-order valence-electron chi connectivity index (χ3n) is 25.3. The number of amides is 3. The lowest BCUT2D eigenvalue weighted by Crippen LogP contribution is -2.38. The molecule has 0 atom stereocenters. The molecule has 17 rings (SSSR count). The molecule has 3 aliphatic carbocycles. The van der Waals surface area contributed by atoms with Gasteiger partial charge in [-0.2, -0.15) is 0 Å². The Morgan fingerprint density at radius 1 is 0.447 bits per heavy atom. The van der Waals surface area contributed by atoms with Gasteiger partial charge in [-0.25, -0.2) is 19.7 Å². The Hall–Kier alpha value is -12.3. The number of likely N-dealkylation sites (tertiary alicyclic amines) is 2. The molecule has 0 unspecified atom stereocenters. The van der Waals surface area contributed by atoms with Crippen molar-refractivity contribution in [3.8, 4) is 5.75 Å². The van der Waals surface area contributed by atoms with Crippen LogP contribution in [0.15, 0.2) is 178 Å². The molecule has 0 saturated carbocycles. The quantitative estimate of drug-likeness (QED) is 0.0479. The van der Waals surface area contributed by atoms with E-state index in [9.17, 15) is 43.2 Å². The molecule has 4 aromatic carbocycles. The number of rotatable bonds is 21. The van der Waals surface area contributed by atoms with E-state index in [-0.39, 0.29) is 74.9 Å². The van der Waals surface area contributed by atoms with Gasteiger partial charge in [0.1, 0.15) is 44.8 Å². The molecule has 0 N–H and O–H groups in total. The zero-order valence-electron chi connectivity index (χ0n) is 72.7. The van der Waals surface area contributed by atoms with Crippen molar-refractivity contribution in [1.82, 2.24) is 52.9 Å². The Labute approximate surface area is 718 Å². The van der Waals surface area contributed by atoms with Crippen LogP contribution in [-0.2, 0) is 95.1 Å². The third kappa shape index (κ3) is 19.1. The molecule has 123 heavy (non-hydrogen) atoms. The maximum absolute atomic E-state index is 13.4. The first-order valence-electron chi connectivity index (χ1n) is 44.2. The molecule has 5 aliphatic rings. The summed E-state index contributed by atoms with van der Waals surface area (Å²) in [4.78, 5) is 141. The number of carbonyl (C=O) groups is 5. The Kier molecular flexibility index (Phi) is 27.8. The van der Waals surface area contributed by atoms with Gasteiger partial charge in [0, 0.05) is 131 Å². The van der Waals surface area contributed by atoms with E-state index in [4.69, 9.17) is 19.4 Å². The number of ketones is 1. The number of benzene rings is 4. The summed E-state index contributed by atoms with van der Waals surface area (Å²) in [6.07, 6.45) is 27.3. The van der Waals surface area contributed by atoms with Crippen LogP contribution in [0, 0.1) is 31.6 Å². The second kappa shape index (κ2) is 39.2. The predicted octanol–water partition coefficient (Wildman–Crippen LogP) is 15.5. The smallest absolute Gasteiger partial charge is 0.343 e. The molecule has 2 saturated heterocycles. The Bertz CT molecular complexity index is 6000. The predicted molar refractivity (Wildman–Crippen MR) is 483 cm³/mol. The molecule has 12 aromatic rings. The highest BCUT2D eigenvalue weighted by Crippen LogP contribution is 2.34. The average Bonchev–Trinajstić information content (AvgIpc) is 1.76. The summed E-state index contributed by atoms with van der Waals surface area (Å²) in [5, 5.41) is 1.45. The molecule has 0 bridgehead atoms. The molecule has 2 aliphatic heterocycles. The molecule has 22 nitrogen and oxygen atoms in total. The maximum atomic E-state index is 13.4. The third-order valence-corrected chi connectivity index (χ3v) is 25.3. The maximum Gasteiger partial charge on any atom is 0.343 e. The SMILES string of the molecule is CCN(CC)C(=O)c1cn(CC)c2ncc(CC3Cc4ccccc4C3)cc2c1=O.CCOC(=O)c1cn(CC)c2ncc(CC(=O)c3cc(C)c(C)c(OC)c3)cc2c1=O.CCn1cc(C(=O)N2CCCCC2)c(=O)c2cc(CC3Cc4ccccc4C3)ncc21.CCn1cc(C(=O)N2CCCCC2)c(=O)c2nc(CC3Cc4ccccc4C3)ccc21. The van der Waals surface area contributed by atoms with Crippen molar-refractivity contribution < 1.29 is 33.4 Å². The second-order valence-electron chi connectivity index (χ2n) is 33.3. The van der Waals surface area contributed by atoms with E-state index in [1.165, 1.54) is 39.6 Å². The van der Waals surface area contributed by atoms with Crippen molar-refractivity contribution in [3.05, 3.63) is 294 Å². The molecule has 2 fully saturated rings. The number of hydrogen-bond acceptors (Lipinski definition) is 15. The number of nitrogens with zero attached hydrogens (tertiary/aromatic N) is 11. The van der Waals surface area contributed by atoms with Gasteiger partial charge in [0.2, 0.25) is 21.7 Å². The fourth-order valence-corrected chi connectivity index (χ4v) is 18.5. The molecule has 638 valence electrons. The Balaban J connectivity index is 0.000000134. The van der Waals surface area contributed by atoms with Crippen LogP contribution in [0.2, 0.25) is 0 Å². The minimum Gasteiger partial charge on any atom is -0.496 e. The normalized spacial score (nSPS) is 14.4. The summed E-state index contributed by atoms with van der Waals surface area (Å²) in [6.45, 7) is 24.2. The number of pyridine rings is 8. The fraction of sp³-hybridized carbons (Fsp3) is 0.396. The van der Waals surface area contributed by atoms with Crippen LogP contribution < -0.4 is 26.5 Å². The van der Waals surface area contributed by atoms with Gasteiger partial charge in [-0.05, 0) is 274 Å². The van der Waals surface area contributed by atoms with Crippen LogP contribution in [0.25, 0.3) is 44.0 Å². The van der Waals surface area contributed by atoms with E-state index >= 15 is 0 Å². The highest BCUT2D eigenvalue weighted by molar-refractivity contribution is 6.01. The summed E-state index contributed by atoms with van der Waals surface area (Å²) >= 11 is 0. The molecule has 10 heterocycles. The molecule has 22 heteroatoms. The second-order valence-corrected chi connectivity index (χ2v) is 33.3. The monoisotopic (exact) mass is 1660 g/mol. The summed E-state index contributed by atoms with van der Waals surface area (Å²) in [7, 11) is 1.57. The lowest BCUT2D eigenvalue weighted by molar-refractivity contribution is 0.0523. The van der Waals surface area contributed by atoms with Crippen LogP contribution in [0.4, 0.5) is 0 Å². The molecular formula is C101H113N11O11. The van der Waals surface area contributed by atoms with Gasteiger partial charge in [-0.1, -0.05) is 72.8 Å². The summed E-state index contributed by atoms with van der Waals surface area (Å²) in [5.74, 6) is 0.944. The van der Waals surface area contributed by atoms with E-state index < -0.39 is 11.4 Å². The number of methoxy groups -OCH3 is 1. The first-order valence-corrected chi connectivity index (χ1v) is 44.2. The average molecular weight is 1660 g/mol. The Morgan fingerprint density at radius 3 is 1.39 bits per heavy atom. The summed E-state index contributed by atoms with van der Waals surface area (Å²) < 4.78 is 18.0. The summed E-state index contributed by atoms with van der Waals surface area (Å²) in [5.41, 5.74) is 17.4.